The summed E-state index contributed by atoms with van der Waals surface area (Å²) >= 11 is 0. The van der Waals surface area contributed by atoms with Crippen LogP contribution in [0.15, 0.2) is 43.1 Å². The van der Waals surface area contributed by atoms with Crippen LogP contribution in [0.5, 0.6) is 5.75 Å². The van der Waals surface area contributed by atoms with Crippen molar-refractivity contribution < 1.29 is 24.0 Å². The molecule has 160 valence electrons. The van der Waals surface area contributed by atoms with Gasteiger partial charge in [0.15, 0.2) is 0 Å². The van der Waals surface area contributed by atoms with Crippen molar-refractivity contribution in [3.05, 3.63) is 60.8 Å². The first-order valence-electron chi connectivity index (χ1n) is 10.0. The number of rotatable bonds is 5. The number of allylic oxidation sites excluding steroid dienone is 2. The molecule has 2 aromatic rings. The average Bonchev–Trinajstić information content (AvgIpc) is 3.17. The van der Waals surface area contributed by atoms with E-state index >= 15 is 0 Å². The van der Waals surface area contributed by atoms with E-state index in [1.165, 1.54) is 0 Å². The molecule has 0 atom stereocenters. The topological polar surface area (TPSA) is 88.5 Å². The second-order valence-electron chi connectivity index (χ2n) is 9.24. The first-order chi connectivity index (χ1) is 14.0. The van der Waals surface area contributed by atoms with E-state index < -0.39 is 0 Å². The van der Waals surface area contributed by atoms with Gasteiger partial charge in [-0.25, -0.2) is 11.6 Å². The third kappa shape index (κ3) is 6.10. The molecular weight excluding hydrogens is 383 g/mol. The first kappa shape index (κ1) is 24.9. The molecule has 1 aliphatic heterocycles. The van der Waals surface area contributed by atoms with Crippen molar-refractivity contribution in [2.75, 3.05) is 7.05 Å². The molecule has 0 saturated carbocycles. The van der Waals surface area contributed by atoms with Crippen molar-refractivity contribution in [3.8, 4) is 11.4 Å². The van der Waals surface area contributed by atoms with Gasteiger partial charge in [0.25, 0.3) is 0 Å². The Bertz CT molecular complexity index is 948. The summed E-state index contributed by atoms with van der Waals surface area (Å²) in [5, 5.41) is 24.6. The molecule has 8 heteroatoms. The quantitative estimate of drug-likeness (QED) is 0.246. The second kappa shape index (κ2) is 9.43. The van der Waals surface area contributed by atoms with E-state index in [0.717, 1.165) is 12.8 Å². The van der Waals surface area contributed by atoms with Crippen LogP contribution in [0.1, 0.15) is 46.2 Å². The summed E-state index contributed by atoms with van der Waals surface area (Å²) in [7, 11) is 1.88. The maximum atomic E-state index is 10.6. The Labute approximate surface area is 197 Å². The number of amidine groups is 1. The van der Waals surface area contributed by atoms with E-state index in [4.69, 9.17) is 6.58 Å². The smallest absolute Gasteiger partial charge is 0.519 e. The number of nitrogens with one attached hydrogen (secondary N) is 1. The first-order valence-corrected chi connectivity index (χ1v) is 10.0. The Kier molecular flexibility index (Phi) is 7.59. The predicted octanol–water partition coefficient (Wildman–Crippen LogP) is 0.558. The zero-order valence-electron chi connectivity index (χ0n) is 19.3. The number of likely N-dealkylation sites (N-methyl/N-ethyl adjacent to an activating group) is 1. The molecule has 31 heavy (non-hydrogen) atoms. The van der Waals surface area contributed by atoms with Crippen LogP contribution in [0.25, 0.3) is 16.7 Å². The van der Waals surface area contributed by atoms with Crippen molar-refractivity contribution in [2.24, 2.45) is 0 Å². The van der Waals surface area contributed by atoms with E-state index in [0.29, 0.717) is 5.69 Å². The minimum absolute atomic E-state index is 0. The summed E-state index contributed by atoms with van der Waals surface area (Å²) in [5.41, 5.74) is 1.14. The molecule has 3 rings (SSSR count). The number of pyridine rings is 1. The summed E-state index contributed by atoms with van der Waals surface area (Å²) in [6.07, 6.45) is 11.5. The van der Waals surface area contributed by atoms with E-state index in [9.17, 15) is 10.5 Å². The van der Waals surface area contributed by atoms with Crippen LogP contribution in [0.4, 0.5) is 0 Å². The largest absolute Gasteiger partial charge is 1.00 e. The van der Waals surface area contributed by atoms with Gasteiger partial charge in [0, 0.05) is 35.4 Å². The van der Waals surface area contributed by atoms with Gasteiger partial charge in [0.05, 0.1) is 17.8 Å². The summed E-state index contributed by atoms with van der Waals surface area (Å²) in [5.74, 6) is 0.0732. The van der Waals surface area contributed by atoms with Gasteiger partial charge in [-0.2, -0.15) is 11.6 Å². The van der Waals surface area contributed by atoms with Gasteiger partial charge in [-0.3, -0.25) is 0 Å². The van der Waals surface area contributed by atoms with Gasteiger partial charge in [-0.15, -0.1) is 6.08 Å². The molecule has 0 bridgehead atoms. The standard InChI is InChI=1S/C23H30N6O.Li/c1-16(21-19(30)11-17(14-26-21)29-10-9-25-15-29)7-8-20(24)28(6)18-12-22(2,3)27-23(4,5)13-18;/h1,7-11,14-15,18,27,30H,12-13H2,2-6H3;/q-2;+1/b8-7-;. The molecule has 1 fully saturated rings. The maximum Gasteiger partial charge on any atom is 1.00 e. The van der Waals surface area contributed by atoms with Gasteiger partial charge in [0.1, 0.15) is 0 Å². The van der Waals surface area contributed by atoms with E-state index in [2.05, 4.69) is 43.0 Å². The van der Waals surface area contributed by atoms with Crippen molar-refractivity contribution in [1.82, 2.24) is 24.8 Å². The minimum Gasteiger partial charge on any atom is -0.519 e. The summed E-state index contributed by atoms with van der Waals surface area (Å²) in [6.45, 7) is 14.8. The molecule has 1 saturated heterocycles. The number of hydrogen-bond acceptors (Lipinski definition) is 4. The molecule has 2 aromatic heterocycles. The molecule has 1 aliphatic rings. The molecule has 0 unspecified atom stereocenters. The number of hydrogen-bond donors (Lipinski definition) is 2. The van der Waals surface area contributed by atoms with Gasteiger partial charge in [-0.05, 0) is 52.6 Å². The summed E-state index contributed by atoms with van der Waals surface area (Å²) in [4.78, 5) is 10.1. The molecular formula is C23H30LiN6O-. The van der Waals surface area contributed by atoms with E-state index in [1.54, 1.807) is 47.7 Å². The molecule has 2 N–H and O–H groups in total. The second-order valence-corrected chi connectivity index (χ2v) is 9.24. The predicted molar refractivity (Wildman–Crippen MR) is 120 cm³/mol. The third-order valence-electron chi connectivity index (χ3n) is 5.42. The number of aromatic nitrogens is 3. The molecule has 3 heterocycles. The van der Waals surface area contributed by atoms with Crippen LogP contribution in [0.2, 0.25) is 0 Å². The number of imidazole rings is 1. The minimum atomic E-state index is -0.0435. The Hall–Kier alpha value is -2.33. The van der Waals surface area contributed by atoms with Crippen LogP contribution in [-0.4, -0.2) is 54.5 Å². The molecule has 0 aromatic carbocycles. The Balaban J connectivity index is 0.00000341. The summed E-state index contributed by atoms with van der Waals surface area (Å²) < 4.78 is 1.74. The fraction of sp³-hybridized carbons (Fsp3) is 0.435. The zero-order valence-corrected chi connectivity index (χ0v) is 19.3. The Morgan fingerprint density at radius 1 is 1.29 bits per heavy atom. The molecule has 0 spiro atoms. The van der Waals surface area contributed by atoms with Crippen LogP contribution < -0.4 is 24.2 Å². The van der Waals surface area contributed by atoms with Crippen molar-refractivity contribution in [3.63, 3.8) is 0 Å². The maximum absolute atomic E-state index is 10.6. The monoisotopic (exact) mass is 413 g/mol. The number of piperidine rings is 1. The van der Waals surface area contributed by atoms with Crippen molar-refractivity contribution in [2.45, 2.75) is 57.7 Å². The fourth-order valence-electron chi connectivity index (χ4n) is 4.31. The van der Waals surface area contributed by atoms with Gasteiger partial charge >= 0.3 is 18.9 Å². The van der Waals surface area contributed by atoms with Crippen LogP contribution >= 0.6 is 0 Å². The average molecular weight is 413 g/mol. The molecule has 0 amide bonds. The Morgan fingerprint density at radius 2 is 1.94 bits per heavy atom. The fourth-order valence-corrected chi connectivity index (χ4v) is 4.31. The van der Waals surface area contributed by atoms with Crippen molar-refractivity contribution in [1.29, 1.82) is 0 Å². The SMILES string of the molecule is [CH-]=C(/C=C\C(=[N-])N(C)C1CC(C)(C)NC(C)(C)C1)c1ncc(-n2ccnc2)cc1O.[Li+]. The van der Waals surface area contributed by atoms with Crippen LogP contribution in [0, 0.1) is 6.58 Å². The molecule has 7 nitrogen and oxygen atoms in total. The van der Waals surface area contributed by atoms with Crippen LogP contribution in [0.3, 0.4) is 0 Å². The normalized spacial score (nSPS) is 17.8. The summed E-state index contributed by atoms with van der Waals surface area (Å²) in [6, 6.07) is 1.75. The molecule has 0 radical (unpaired) electrons. The van der Waals surface area contributed by atoms with Gasteiger partial charge in [0.2, 0.25) is 0 Å². The van der Waals surface area contributed by atoms with Crippen molar-refractivity contribution >= 4 is 11.4 Å². The van der Waals surface area contributed by atoms with Crippen LogP contribution in [-0.2, 0) is 0 Å². The number of aromatic hydroxyl groups is 1. The molecule has 0 aliphatic carbocycles. The third-order valence-corrected chi connectivity index (χ3v) is 5.42. The van der Waals surface area contributed by atoms with Gasteiger partial charge < -0.3 is 30.3 Å². The van der Waals surface area contributed by atoms with Gasteiger partial charge in [-0.1, -0.05) is 12.9 Å². The van der Waals surface area contributed by atoms with E-state index in [-0.39, 0.29) is 58.8 Å². The van der Waals surface area contributed by atoms with E-state index in [1.807, 2.05) is 11.9 Å². The zero-order chi connectivity index (χ0) is 22.1. The number of nitrogens with zero attached hydrogens (tertiary/aromatic N) is 5. The Morgan fingerprint density at radius 3 is 2.48 bits per heavy atom.